The van der Waals surface area contributed by atoms with Gasteiger partial charge in [-0.15, -0.1) is 11.3 Å². The standard InChI is InChI=1S/C15H18BrN3S/c1-3-7-17-14-10-5-4-6-12(10)18-15(19-14)13-8-11(16)9(2)20-13/h8H,3-7H2,1-2H3,(H,17,18,19). The monoisotopic (exact) mass is 351 g/mol. The maximum absolute atomic E-state index is 4.79. The van der Waals surface area contributed by atoms with Gasteiger partial charge in [0.15, 0.2) is 5.82 Å². The molecule has 0 saturated heterocycles. The second-order valence-electron chi connectivity index (χ2n) is 5.12. The van der Waals surface area contributed by atoms with Crippen molar-refractivity contribution in [3.63, 3.8) is 0 Å². The summed E-state index contributed by atoms with van der Waals surface area (Å²) in [7, 11) is 0. The molecular weight excluding hydrogens is 334 g/mol. The Balaban J connectivity index is 2.03. The van der Waals surface area contributed by atoms with Gasteiger partial charge >= 0.3 is 0 Å². The number of hydrogen-bond donors (Lipinski definition) is 1. The lowest BCUT2D eigenvalue weighted by Crippen LogP contribution is -2.07. The molecule has 0 aliphatic heterocycles. The van der Waals surface area contributed by atoms with Crippen LogP contribution in [0.3, 0.4) is 0 Å². The molecule has 2 heterocycles. The van der Waals surface area contributed by atoms with Crippen LogP contribution < -0.4 is 5.32 Å². The summed E-state index contributed by atoms with van der Waals surface area (Å²) in [5, 5.41) is 3.47. The van der Waals surface area contributed by atoms with Crippen molar-refractivity contribution in [2.24, 2.45) is 0 Å². The Morgan fingerprint density at radius 2 is 2.20 bits per heavy atom. The highest BCUT2D eigenvalue weighted by Crippen LogP contribution is 2.35. The summed E-state index contributed by atoms with van der Waals surface area (Å²) in [5.41, 5.74) is 2.56. The van der Waals surface area contributed by atoms with Crippen molar-refractivity contribution in [2.45, 2.75) is 39.5 Å². The topological polar surface area (TPSA) is 37.8 Å². The summed E-state index contributed by atoms with van der Waals surface area (Å²) in [6, 6.07) is 2.13. The van der Waals surface area contributed by atoms with Gasteiger partial charge in [0, 0.05) is 27.2 Å². The van der Waals surface area contributed by atoms with Crippen molar-refractivity contribution in [1.82, 2.24) is 9.97 Å². The van der Waals surface area contributed by atoms with Gasteiger partial charge in [0.05, 0.1) is 4.88 Å². The van der Waals surface area contributed by atoms with Crippen LogP contribution in [0.1, 0.15) is 35.9 Å². The number of rotatable bonds is 4. The molecule has 0 aromatic carbocycles. The maximum atomic E-state index is 4.79. The molecule has 0 atom stereocenters. The molecule has 0 bridgehead atoms. The normalized spacial score (nSPS) is 13.6. The molecule has 0 radical (unpaired) electrons. The van der Waals surface area contributed by atoms with E-state index in [9.17, 15) is 0 Å². The number of thiophene rings is 1. The van der Waals surface area contributed by atoms with Crippen LogP contribution in [0.25, 0.3) is 10.7 Å². The highest BCUT2D eigenvalue weighted by Gasteiger charge is 2.20. The third-order valence-corrected chi connectivity index (χ3v) is 5.69. The minimum atomic E-state index is 0.864. The van der Waals surface area contributed by atoms with Crippen molar-refractivity contribution in [3.05, 3.63) is 26.7 Å². The Morgan fingerprint density at radius 3 is 2.90 bits per heavy atom. The van der Waals surface area contributed by atoms with Gasteiger partial charge in [-0.1, -0.05) is 6.92 Å². The van der Waals surface area contributed by atoms with Gasteiger partial charge in [0.25, 0.3) is 0 Å². The van der Waals surface area contributed by atoms with Crippen LogP contribution in [0.15, 0.2) is 10.5 Å². The number of hydrogen-bond acceptors (Lipinski definition) is 4. The van der Waals surface area contributed by atoms with Gasteiger partial charge in [-0.25, -0.2) is 9.97 Å². The number of nitrogens with one attached hydrogen (secondary N) is 1. The third kappa shape index (κ3) is 2.61. The molecule has 3 nitrogen and oxygen atoms in total. The Labute approximate surface area is 132 Å². The van der Waals surface area contributed by atoms with Gasteiger partial charge in [0.2, 0.25) is 0 Å². The fourth-order valence-electron chi connectivity index (χ4n) is 2.50. The first-order valence-electron chi connectivity index (χ1n) is 7.09. The predicted molar refractivity (Wildman–Crippen MR) is 88.6 cm³/mol. The van der Waals surface area contributed by atoms with Crippen LogP contribution >= 0.6 is 27.3 Å². The largest absolute Gasteiger partial charge is 0.370 e. The Hall–Kier alpha value is -0.940. The van der Waals surface area contributed by atoms with Crippen LogP contribution in [0.2, 0.25) is 0 Å². The van der Waals surface area contributed by atoms with Crippen molar-refractivity contribution in [2.75, 3.05) is 11.9 Å². The molecule has 1 N–H and O–H groups in total. The van der Waals surface area contributed by atoms with Gasteiger partial charge < -0.3 is 5.32 Å². The van der Waals surface area contributed by atoms with E-state index >= 15 is 0 Å². The molecule has 2 aromatic rings. The summed E-state index contributed by atoms with van der Waals surface area (Å²) < 4.78 is 1.14. The van der Waals surface area contributed by atoms with Crippen LogP contribution in [0.4, 0.5) is 5.82 Å². The van der Waals surface area contributed by atoms with Crippen LogP contribution in [0.5, 0.6) is 0 Å². The first-order chi connectivity index (χ1) is 9.69. The zero-order chi connectivity index (χ0) is 14.1. The van der Waals surface area contributed by atoms with Crippen LogP contribution in [0, 0.1) is 6.92 Å². The SMILES string of the molecule is CCCNc1nc(-c2cc(Br)c(C)s2)nc2c1CCC2. The average Bonchev–Trinajstić information content (AvgIpc) is 3.03. The Morgan fingerprint density at radius 1 is 1.35 bits per heavy atom. The number of aryl methyl sites for hydroxylation is 2. The van der Waals surface area contributed by atoms with E-state index in [0.717, 1.165) is 46.8 Å². The van der Waals surface area contributed by atoms with Crippen LogP contribution in [-0.4, -0.2) is 16.5 Å². The van der Waals surface area contributed by atoms with E-state index in [0.29, 0.717) is 0 Å². The molecule has 106 valence electrons. The van der Waals surface area contributed by atoms with E-state index in [2.05, 4.69) is 41.2 Å². The number of aromatic nitrogens is 2. The third-order valence-electron chi connectivity index (χ3n) is 3.55. The number of anilines is 1. The number of nitrogens with zero attached hydrogens (tertiary/aromatic N) is 2. The molecule has 1 aliphatic rings. The fraction of sp³-hybridized carbons (Fsp3) is 0.467. The molecule has 0 saturated carbocycles. The van der Waals surface area contributed by atoms with Gasteiger partial charge in [0.1, 0.15) is 5.82 Å². The second kappa shape index (κ2) is 5.82. The van der Waals surface area contributed by atoms with Crippen molar-refractivity contribution in [1.29, 1.82) is 0 Å². The zero-order valence-electron chi connectivity index (χ0n) is 11.8. The lowest BCUT2D eigenvalue weighted by atomic mass is 10.2. The lowest BCUT2D eigenvalue weighted by molar-refractivity contribution is 0.899. The average molecular weight is 352 g/mol. The first kappa shape index (κ1) is 14.0. The minimum Gasteiger partial charge on any atom is -0.370 e. The summed E-state index contributed by atoms with van der Waals surface area (Å²) in [5.74, 6) is 1.91. The Kier molecular flexibility index (Phi) is 4.08. The summed E-state index contributed by atoms with van der Waals surface area (Å²) in [4.78, 5) is 12.0. The molecule has 0 fully saturated rings. The molecule has 0 amide bonds. The van der Waals surface area contributed by atoms with Gasteiger partial charge in [-0.05, 0) is 54.6 Å². The van der Waals surface area contributed by atoms with E-state index in [-0.39, 0.29) is 0 Å². The molecule has 2 aromatic heterocycles. The van der Waals surface area contributed by atoms with Crippen LogP contribution in [-0.2, 0) is 12.8 Å². The van der Waals surface area contributed by atoms with Gasteiger partial charge in [-0.2, -0.15) is 0 Å². The maximum Gasteiger partial charge on any atom is 0.171 e. The van der Waals surface area contributed by atoms with Crippen molar-refractivity contribution >= 4 is 33.1 Å². The lowest BCUT2D eigenvalue weighted by Gasteiger charge is -2.10. The molecule has 5 heteroatoms. The zero-order valence-corrected chi connectivity index (χ0v) is 14.2. The van der Waals surface area contributed by atoms with E-state index in [1.54, 1.807) is 11.3 Å². The highest BCUT2D eigenvalue weighted by molar-refractivity contribution is 9.10. The number of fused-ring (bicyclic) bond motifs is 1. The molecule has 0 unspecified atom stereocenters. The van der Waals surface area contributed by atoms with E-state index in [1.165, 1.54) is 22.6 Å². The molecular formula is C15H18BrN3S. The predicted octanol–water partition coefficient (Wildman–Crippen LogP) is 4.59. The summed E-state index contributed by atoms with van der Waals surface area (Å²) in [6.45, 7) is 5.26. The van der Waals surface area contributed by atoms with E-state index in [1.807, 2.05) is 0 Å². The highest BCUT2D eigenvalue weighted by atomic mass is 79.9. The first-order valence-corrected chi connectivity index (χ1v) is 8.70. The smallest absolute Gasteiger partial charge is 0.171 e. The molecule has 20 heavy (non-hydrogen) atoms. The molecule has 1 aliphatic carbocycles. The Bertz CT molecular complexity index is 617. The summed E-state index contributed by atoms with van der Waals surface area (Å²) in [6.07, 6.45) is 4.49. The fourth-order valence-corrected chi connectivity index (χ4v) is 3.97. The summed E-state index contributed by atoms with van der Waals surface area (Å²) >= 11 is 5.32. The van der Waals surface area contributed by atoms with Crippen molar-refractivity contribution < 1.29 is 0 Å². The van der Waals surface area contributed by atoms with E-state index < -0.39 is 0 Å². The van der Waals surface area contributed by atoms with Gasteiger partial charge in [-0.3, -0.25) is 0 Å². The van der Waals surface area contributed by atoms with Crippen molar-refractivity contribution in [3.8, 4) is 10.7 Å². The second-order valence-corrected chi connectivity index (χ2v) is 7.23. The minimum absolute atomic E-state index is 0.864. The van der Waals surface area contributed by atoms with E-state index in [4.69, 9.17) is 9.97 Å². The molecule has 3 rings (SSSR count). The molecule has 0 spiro atoms. The number of halogens is 1. The quantitative estimate of drug-likeness (QED) is 0.875.